The number of oxazole rings is 2. The summed E-state index contributed by atoms with van der Waals surface area (Å²) in [7, 11) is 0. The highest BCUT2D eigenvalue weighted by atomic mass is 16.5. The van der Waals surface area contributed by atoms with Gasteiger partial charge in [0.2, 0.25) is 17.7 Å². The van der Waals surface area contributed by atoms with Crippen molar-refractivity contribution in [2.45, 2.75) is 76.5 Å². The van der Waals surface area contributed by atoms with E-state index >= 15 is 0 Å². The fraction of sp³-hybridized carbons (Fsp3) is 0.349. The van der Waals surface area contributed by atoms with Gasteiger partial charge < -0.3 is 29.2 Å². The second-order valence-corrected chi connectivity index (χ2v) is 15.8. The molecule has 4 atom stereocenters. The minimum atomic E-state index is -0.988. The molecule has 0 radical (unpaired) electrons. The summed E-state index contributed by atoms with van der Waals surface area (Å²) in [5.74, 6) is 1.95. The van der Waals surface area contributed by atoms with Crippen LogP contribution in [0.1, 0.15) is 86.8 Å². The van der Waals surface area contributed by atoms with Crippen LogP contribution in [-0.2, 0) is 21.4 Å². The van der Waals surface area contributed by atoms with E-state index in [-0.39, 0.29) is 29.9 Å². The van der Waals surface area contributed by atoms with Gasteiger partial charge in [0.25, 0.3) is 0 Å². The zero-order valence-electron chi connectivity index (χ0n) is 29.6. The molecule has 1 amide bonds. The van der Waals surface area contributed by atoms with Crippen molar-refractivity contribution in [3.05, 3.63) is 95.3 Å². The number of anilines is 1. The number of hydrogen-bond donors (Lipinski definition) is 3. The Labute approximate surface area is 305 Å². The van der Waals surface area contributed by atoms with E-state index in [0.717, 1.165) is 81.4 Å². The zero-order chi connectivity index (χ0) is 35.6. The Hall–Kier alpha value is -5.64. The van der Waals surface area contributed by atoms with E-state index in [0.29, 0.717) is 35.4 Å². The smallest absolute Gasteiger partial charge is 0.249 e. The molecule has 1 fully saturated rings. The number of fused-ring (bicyclic) bond motifs is 7. The molecule has 10 nitrogen and oxygen atoms in total. The predicted octanol–water partition coefficient (Wildman–Crippen LogP) is 8.46. The topological polar surface area (TPSA) is 135 Å². The lowest BCUT2D eigenvalue weighted by Crippen LogP contribution is -2.40. The highest BCUT2D eigenvalue weighted by Gasteiger charge is 2.61. The van der Waals surface area contributed by atoms with Crippen LogP contribution in [0.15, 0.2) is 75.8 Å². The van der Waals surface area contributed by atoms with Crippen LogP contribution in [0.5, 0.6) is 5.75 Å². The van der Waals surface area contributed by atoms with E-state index in [4.69, 9.17) is 23.5 Å². The molecule has 4 aliphatic heterocycles. The Morgan fingerprint density at radius 3 is 2.68 bits per heavy atom. The molecule has 3 aromatic heterocycles. The van der Waals surface area contributed by atoms with Crippen LogP contribution >= 0.6 is 0 Å². The van der Waals surface area contributed by atoms with Crippen LogP contribution in [-0.4, -0.2) is 32.9 Å². The van der Waals surface area contributed by atoms with E-state index in [1.54, 1.807) is 6.20 Å². The quantitative estimate of drug-likeness (QED) is 0.166. The summed E-state index contributed by atoms with van der Waals surface area (Å²) in [6.07, 6.45) is 8.85. The summed E-state index contributed by atoms with van der Waals surface area (Å²) < 4.78 is 20.6. The third-order valence-electron chi connectivity index (χ3n) is 12.4. The number of ether oxygens (including phenoxy) is 1. The fourth-order valence-corrected chi connectivity index (χ4v) is 9.81. The summed E-state index contributed by atoms with van der Waals surface area (Å²) in [6.45, 7) is 4.09. The second-order valence-electron chi connectivity index (χ2n) is 15.8. The van der Waals surface area contributed by atoms with Crippen molar-refractivity contribution in [3.8, 4) is 39.8 Å². The van der Waals surface area contributed by atoms with Gasteiger partial charge in [0.1, 0.15) is 23.0 Å². The number of benzene rings is 3. The standard InChI is InChI=1S/C43H39N5O5/c1-21(2)35-41-47-37-38(53-41)43-28-12-6-11-26(25-10-7-13-30-34(25)27(19-44-30)33-20-45-40(37)51-33)36(28)48-42(43)52-32-15-14-22(17-29(32)43)16-24(39(50)46-35)18-31(49)23-8-4-3-5-9-23/h6-7,10-15,17,19-21,23-24,35,42,44,48H,3-5,8-9,16,18H2,1-2H3,(H,46,50)/t24-,35+,42+,43?/m1/s1. The molecule has 266 valence electrons. The minimum Gasteiger partial charge on any atom is -0.469 e. The second kappa shape index (κ2) is 11.2. The van der Waals surface area contributed by atoms with E-state index in [1.165, 1.54) is 6.42 Å². The number of hydrogen-bond acceptors (Lipinski definition) is 8. The average Bonchev–Trinajstić information content (AvgIpc) is 4.00. The van der Waals surface area contributed by atoms with Gasteiger partial charge in [0.15, 0.2) is 23.4 Å². The van der Waals surface area contributed by atoms with Crippen molar-refractivity contribution in [2.24, 2.45) is 17.8 Å². The predicted molar refractivity (Wildman–Crippen MR) is 198 cm³/mol. The number of aromatic nitrogens is 3. The first-order chi connectivity index (χ1) is 25.9. The van der Waals surface area contributed by atoms with Gasteiger partial charge in [-0.05, 0) is 48.4 Å². The molecule has 1 unspecified atom stereocenters. The minimum absolute atomic E-state index is 0.0180. The zero-order valence-corrected chi connectivity index (χ0v) is 29.6. The third-order valence-corrected chi connectivity index (χ3v) is 12.4. The Bertz CT molecular complexity index is 2500. The van der Waals surface area contributed by atoms with Crippen molar-refractivity contribution >= 4 is 28.3 Å². The molecule has 53 heavy (non-hydrogen) atoms. The van der Waals surface area contributed by atoms with Gasteiger partial charge in [-0.2, -0.15) is 0 Å². The monoisotopic (exact) mass is 705 g/mol. The van der Waals surface area contributed by atoms with Crippen LogP contribution in [0.25, 0.3) is 44.9 Å². The fourth-order valence-electron chi connectivity index (χ4n) is 9.81. The van der Waals surface area contributed by atoms with E-state index in [1.807, 2.05) is 32.2 Å². The maximum Gasteiger partial charge on any atom is 0.249 e. The molecule has 5 aliphatic rings. The van der Waals surface area contributed by atoms with Gasteiger partial charge in [-0.25, -0.2) is 9.97 Å². The summed E-state index contributed by atoms with van der Waals surface area (Å²) in [4.78, 5) is 41.6. The third kappa shape index (κ3) is 4.32. The van der Waals surface area contributed by atoms with Crippen LogP contribution in [0.4, 0.5) is 5.69 Å². The van der Waals surface area contributed by atoms with Gasteiger partial charge in [-0.15, -0.1) is 0 Å². The van der Waals surface area contributed by atoms with Crippen molar-refractivity contribution < 1.29 is 23.2 Å². The highest BCUT2D eigenvalue weighted by molar-refractivity contribution is 6.07. The normalized spacial score (nSPS) is 23.8. The lowest BCUT2D eigenvalue weighted by atomic mass is 9.72. The summed E-state index contributed by atoms with van der Waals surface area (Å²) in [5, 5.41) is 8.15. The number of carbonyl (C=O) groups excluding carboxylic acids is 2. The Morgan fingerprint density at radius 2 is 1.81 bits per heavy atom. The van der Waals surface area contributed by atoms with Crippen LogP contribution < -0.4 is 15.4 Å². The number of aromatic amines is 1. The highest BCUT2D eigenvalue weighted by Crippen LogP contribution is 2.61. The van der Waals surface area contributed by atoms with Gasteiger partial charge in [0, 0.05) is 63.3 Å². The molecular weight excluding hydrogens is 667 g/mol. The van der Waals surface area contributed by atoms with Gasteiger partial charge in [-0.3, -0.25) is 9.59 Å². The lowest BCUT2D eigenvalue weighted by Gasteiger charge is -2.29. The molecule has 6 aromatic rings. The number of para-hydroxylation sites is 1. The van der Waals surface area contributed by atoms with Crippen molar-refractivity contribution in [2.75, 3.05) is 5.32 Å². The Balaban J connectivity index is 1.18. The van der Waals surface area contributed by atoms with E-state index in [9.17, 15) is 9.59 Å². The Kier molecular flexibility index (Phi) is 6.53. The molecule has 1 saturated carbocycles. The SMILES string of the molecule is CC(C)[C@@H]1NC(=O)[C@@H](CC(=O)C2CCCCC2)Cc2ccc3c(c2)C24c5cccc(c5N[C@H]2O3)-c2cccc3[nH]cc(c23)-c2cnc(o2)-c2nc1oc24. The number of carbonyl (C=O) groups is 2. The van der Waals surface area contributed by atoms with Crippen molar-refractivity contribution in [3.63, 3.8) is 0 Å². The van der Waals surface area contributed by atoms with Crippen LogP contribution in [0, 0.1) is 17.8 Å². The first-order valence-corrected chi connectivity index (χ1v) is 19.0. The van der Waals surface area contributed by atoms with Gasteiger partial charge in [-0.1, -0.05) is 75.6 Å². The van der Waals surface area contributed by atoms with E-state index < -0.39 is 23.6 Å². The Morgan fingerprint density at radius 1 is 0.962 bits per heavy atom. The van der Waals surface area contributed by atoms with Crippen LogP contribution in [0.2, 0.25) is 0 Å². The summed E-state index contributed by atoms with van der Waals surface area (Å²) in [5.41, 5.74) is 7.25. The first kappa shape index (κ1) is 30.9. The van der Waals surface area contributed by atoms with E-state index in [2.05, 4.69) is 58.1 Å². The number of nitrogens with one attached hydrogen (secondary N) is 3. The number of H-pyrrole nitrogens is 1. The van der Waals surface area contributed by atoms with Gasteiger partial charge in [0.05, 0.1) is 6.20 Å². The molecule has 7 heterocycles. The lowest BCUT2D eigenvalue weighted by molar-refractivity contribution is -0.132. The van der Waals surface area contributed by atoms with Crippen LogP contribution in [0.3, 0.4) is 0 Å². The molecule has 1 aliphatic carbocycles. The van der Waals surface area contributed by atoms with Crippen molar-refractivity contribution in [1.82, 2.24) is 20.3 Å². The maximum absolute atomic E-state index is 14.4. The largest absolute Gasteiger partial charge is 0.469 e. The summed E-state index contributed by atoms with van der Waals surface area (Å²) in [6, 6.07) is 18.3. The van der Waals surface area contributed by atoms with Gasteiger partial charge >= 0.3 is 0 Å². The number of rotatable bonds is 4. The molecule has 10 heteroatoms. The maximum atomic E-state index is 14.4. The molecular formula is C43H39N5O5. The van der Waals surface area contributed by atoms with Crippen molar-refractivity contribution in [1.29, 1.82) is 0 Å². The average molecular weight is 706 g/mol. The molecule has 3 N–H and O–H groups in total. The molecule has 11 rings (SSSR count). The molecule has 0 saturated heterocycles. The number of amides is 1. The number of nitrogens with zero attached hydrogens (tertiary/aromatic N) is 2. The molecule has 1 spiro atoms. The number of ketones is 1. The summed E-state index contributed by atoms with van der Waals surface area (Å²) >= 11 is 0. The first-order valence-electron chi connectivity index (χ1n) is 19.0. The number of Topliss-reactive ketones (excluding diaryl/α,β-unsaturated/α-hetero) is 1. The molecule has 3 aromatic carbocycles. The molecule has 10 bridgehead atoms.